The summed E-state index contributed by atoms with van der Waals surface area (Å²) in [5.74, 6) is 0. The number of aromatic nitrogens is 2. The summed E-state index contributed by atoms with van der Waals surface area (Å²) in [5, 5.41) is 15.3. The molecule has 2 aromatic heterocycles. The maximum Gasteiger partial charge on any atom is 0.271 e. The van der Waals surface area contributed by atoms with Crippen LogP contribution in [0.15, 0.2) is 67.0 Å². The van der Waals surface area contributed by atoms with Gasteiger partial charge in [-0.2, -0.15) is 0 Å². The molecular formula is C20H19N5O2S. The molecule has 2 atom stereocenters. The molecule has 28 heavy (non-hydrogen) atoms. The average Bonchev–Trinajstić information content (AvgIpc) is 3.32. The Bertz CT molecular complexity index is 1020. The minimum atomic E-state index is -0.381. The molecular weight excluding hydrogens is 374 g/mol. The van der Waals surface area contributed by atoms with Crippen molar-refractivity contribution in [3.05, 3.63) is 88.5 Å². The van der Waals surface area contributed by atoms with E-state index in [4.69, 9.17) is 12.2 Å². The first kappa shape index (κ1) is 18.1. The van der Waals surface area contributed by atoms with Crippen LogP contribution < -0.4 is 5.32 Å². The van der Waals surface area contributed by atoms with Gasteiger partial charge in [0.15, 0.2) is 5.11 Å². The molecule has 142 valence electrons. The summed E-state index contributed by atoms with van der Waals surface area (Å²) in [6.45, 7) is 2.79. The quantitative estimate of drug-likeness (QED) is 0.404. The van der Waals surface area contributed by atoms with Crippen LogP contribution >= 0.6 is 12.2 Å². The molecule has 1 aromatic carbocycles. The molecule has 0 radical (unpaired) electrons. The minimum absolute atomic E-state index is 0.0610. The zero-order valence-electron chi connectivity index (χ0n) is 15.2. The predicted molar refractivity (Wildman–Crippen MR) is 110 cm³/mol. The number of hydrogen-bond acceptors (Lipinski definition) is 4. The molecule has 0 unspecified atom stereocenters. The van der Waals surface area contributed by atoms with Gasteiger partial charge in [0.05, 0.1) is 28.4 Å². The van der Waals surface area contributed by atoms with Gasteiger partial charge < -0.3 is 14.8 Å². The molecule has 4 rings (SSSR count). The lowest BCUT2D eigenvalue weighted by Gasteiger charge is -2.27. The molecule has 0 spiro atoms. The van der Waals surface area contributed by atoms with Crippen LogP contribution in [0.1, 0.15) is 30.4 Å². The molecule has 7 nitrogen and oxygen atoms in total. The van der Waals surface area contributed by atoms with Gasteiger partial charge in [-0.05, 0) is 49.5 Å². The molecule has 0 aliphatic carbocycles. The zero-order valence-corrected chi connectivity index (χ0v) is 16.0. The van der Waals surface area contributed by atoms with E-state index in [2.05, 4.69) is 22.1 Å². The van der Waals surface area contributed by atoms with Gasteiger partial charge in [0.2, 0.25) is 0 Å². The molecule has 3 heterocycles. The first-order chi connectivity index (χ1) is 13.6. The third kappa shape index (κ3) is 3.11. The van der Waals surface area contributed by atoms with Gasteiger partial charge in [-0.25, -0.2) is 0 Å². The Kier molecular flexibility index (Phi) is 4.79. The van der Waals surface area contributed by atoms with Crippen molar-refractivity contribution in [1.82, 2.24) is 19.8 Å². The van der Waals surface area contributed by atoms with Crippen molar-refractivity contribution in [3.63, 3.8) is 0 Å². The van der Waals surface area contributed by atoms with Crippen LogP contribution in [0.25, 0.3) is 5.69 Å². The summed E-state index contributed by atoms with van der Waals surface area (Å²) >= 11 is 5.57. The van der Waals surface area contributed by atoms with Gasteiger partial charge in [0, 0.05) is 36.8 Å². The SMILES string of the molecule is CCN1C(=S)N[C@H](c2ccccn2)[C@@H]1c1cccn1-c1cccc([N+](=O)[O-])c1. The largest absolute Gasteiger partial charge is 0.352 e. The van der Waals surface area contributed by atoms with E-state index in [1.54, 1.807) is 18.3 Å². The lowest BCUT2D eigenvalue weighted by molar-refractivity contribution is -0.384. The standard InChI is InChI=1S/C20H19N5O2S/c1-2-23-19(18(22-20(23)28)16-9-3-4-11-21-16)17-10-6-12-24(17)14-7-5-8-15(13-14)25(26)27/h3-13,18-19H,2H2,1H3,(H,22,28)/t18-,19+/m1/s1. The van der Waals surface area contributed by atoms with E-state index in [1.807, 2.05) is 47.2 Å². The highest BCUT2D eigenvalue weighted by atomic mass is 32.1. The second kappa shape index (κ2) is 7.40. The van der Waals surface area contributed by atoms with Gasteiger partial charge in [0.1, 0.15) is 0 Å². The second-order valence-corrected chi connectivity index (χ2v) is 6.88. The second-order valence-electron chi connectivity index (χ2n) is 6.49. The van der Waals surface area contributed by atoms with Crippen molar-refractivity contribution in [2.75, 3.05) is 6.54 Å². The Labute approximate surface area is 167 Å². The predicted octanol–water partition coefficient (Wildman–Crippen LogP) is 3.77. The van der Waals surface area contributed by atoms with Crippen molar-refractivity contribution in [1.29, 1.82) is 0 Å². The van der Waals surface area contributed by atoms with E-state index < -0.39 is 0 Å². The molecule has 1 aliphatic rings. The van der Waals surface area contributed by atoms with Gasteiger partial charge >= 0.3 is 0 Å². The van der Waals surface area contributed by atoms with E-state index in [0.29, 0.717) is 5.11 Å². The Balaban J connectivity index is 1.81. The normalized spacial score (nSPS) is 18.9. The van der Waals surface area contributed by atoms with E-state index in [9.17, 15) is 10.1 Å². The maximum absolute atomic E-state index is 11.2. The lowest BCUT2D eigenvalue weighted by atomic mass is 10.0. The third-order valence-electron chi connectivity index (χ3n) is 4.94. The summed E-state index contributed by atoms with van der Waals surface area (Å²) in [6, 6.07) is 16.2. The Morgan fingerprint density at radius 3 is 2.79 bits per heavy atom. The number of rotatable bonds is 5. The number of thiocarbonyl (C=S) groups is 1. The van der Waals surface area contributed by atoms with E-state index in [1.165, 1.54) is 6.07 Å². The first-order valence-electron chi connectivity index (χ1n) is 9.00. The fourth-order valence-electron chi connectivity index (χ4n) is 3.69. The maximum atomic E-state index is 11.2. The highest BCUT2D eigenvalue weighted by molar-refractivity contribution is 7.80. The molecule has 3 aromatic rings. The van der Waals surface area contributed by atoms with Crippen molar-refractivity contribution >= 4 is 23.0 Å². The number of nitrogens with zero attached hydrogens (tertiary/aromatic N) is 4. The number of likely N-dealkylation sites (N-methyl/N-ethyl adjacent to an activating group) is 1. The van der Waals surface area contributed by atoms with Crippen LogP contribution in [0.2, 0.25) is 0 Å². The molecule has 8 heteroatoms. The molecule has 1 aliphatic heterocycles. The van der Waals surface area contributed by atoms with Crippen molar-refractivity contribution in [3.8, 4) is 5.69 Å². The molecule has 1 fully saturated rings. The number of benzene rings is 1. The van der Waals surface area contributed by atoms with Crippen LogP contribution in [-0.2, 0) is 0 Å². The Hall–Kier alpha value is -3.26. The van der Waals surface area contributed by atoms with Crippen LogP contribution in [0.5, 0.6) is 0 Å². The number of nitrogens with one attached hydrogen (secondary N) is 1. The number of nitro benzene ring substituents is 1. The van der Waals surface area contributed by atoms with Gasteiger partial charge in [-0.3, -0.25) is 15.1 Å². The average molecular weight is 393 g/mol. The van der Waals surface area contributed by atoms with Gasteiger partial charge in [-0.15, -0.1) is 0 Å². The highest BCUT2D eigenvalue weighted by Crippen LogP contribution is 2.39. The lowest BCUT2D eigenvalue weighted by Crippen LogP contribution is -2.30. The molecule has 1 saturated heterocycles. The van der Waals surface area contributed by atoms with Crippen molar-refractivity contribution in [2.24, 2.45) is 0 Å². The van der Waals surface area contributed by atoms with E-state index in [-0.39, 0.29) is 22.7 Å². The van der Waals surface area contributed by atoms with Gasteiger partial charge in [0.25, 0.3) is 5.69 Å². The van der Waals surface area contributed by atoms with Crippen LogP contribution in [-0.4, -0.2) is 31.0 Å². The Morgan fingerprint density at radius 1 is 1.21 bits per heavy atom. The summed E-state index contributed by atoms with van der Waals surface area (Å²) in [4.78, 5) is 17.5. The van der Waals surface area contributed by atoms with Crippen molar-refractivity contribution < 1.29 is 4.92 Å². The molecule has 1 N–H and O–H groups in total. The monoisotopic (exact) mass is 393 g/mol. The third-order valence-corrected chi connectivity index (χ3v) is 5.29. The van der Waals surface area contributed by atoms with Crippen LogP contribution in [0, 0.1) is 10.1 Å². The number of hydrogen-bond donors (Lipinski definition) is 1. The summed E-state index contributed by atoms with van der Waals surface area (Å²) < 4.78 is 1.98. The fraction of sp³-hybridized carbons (Fsp3) is 0.200. The fourth-order valence-corrected chi connectivity index (χ4v) is 4.06. The molecule has 0 amide bonds. The highest BCUT2D eigenvalue weighted by Gasteiger charge is 2.40. The van der Waals surface area contributed by atoms with Gasteiger partial charge in [-0.1, -0.05) is 12.1 Å². The van der Waals surface area contributed by atoms with E-state index in [0.717, 1.165) is 23.6 Å². The van der Waals surface area contributed by atoms with Crippen LogP contribution in [0.4, 0.5) is 5.69 Å². The molecule has 0 bridgehead atoms. The Morgan fingerprint density at radius 2 is 2.07 bits per heavy atom. The zero-order chi connectivity index (χ0) is 19.7. The first-order valence-corrected chi connectivity index (χ1v) is 9.41. The summed E-state index contributed by atoms with van der Waals surface area (Å²) in [7, 11) is 0. The smallest absolute Gasteiger partial charge is 0.271 e. The van der Waals surface area contributed by atoms with Crippen LogP contribution in [0.3, 0.4) is 0 Å². The topological polar surface area (TPSA) is 76.2 Å². The summed E-state index contributed by atoms with van der Waals surface area (Å²) in [6.07, 6.45) is 3.68. The summed E-state index contributed by atoms with van der Waals surface area (Å²) in [5.41, 5.74) is 2.69. The van der Waals surface area contributed by atoms with E-state index >= 15 is 0 Å². The number of nitro groups is 1. The van der Waals surface area contributed by atoms with Crippen molar-refractivity contribution in [2.45, 2.75) is 19.0 Å². The molecule has 0 saturated carbocycles. The minimum Gasteiger partial charge on any atom is -0.352 e. The number of pyridine rings is 1. The number of non-ortho nitro benzene ring substituents is 1.